The molecule has 1 aromatic heterocycles. The Morgan fingerprint density at radius 3 is 2.80 bits per heavy atom. The van der Waals surface area contributed by atoms with Crippen molar-refractivity contribution in [2.24, 2.45) is 0 Å². The second kappa shape index (κ2) is 5.76. The highest BCUT2D eigenvalue weighted by Gasteiger charge is 2.55. The number of nitrogens with one attached hydrogen (secondary N) is 1. The van der Waals surface area contributed by atoms with Crippen LogP contribution in [0.3, 0.4) is 0 Å². The maximum Gasteiger partial charge on any atom is 0.246 e. The van der Waals surface area contributed by atoms with Crippen LogP contribution in [-0.2, 0) is 21.7 Å². The molecule has 152 valence electrons. The fourth-order valence-electron chi connectivity index (χ4n) is 4.90. The summed E-state index contributed by atoms with van der Waals surface area (Å²) in [6.07, 6.45) is 0.334. The van der Waals surface area contributed by atoms with Gasteiger partial charge < -0.3 is 24.5 Å². The first-order valence-electron chi connectivity index (χ1n) is 9.78. The van der Waals surface area contributed by atoms with Gasteiger partial charge in [0.05, 0.1) is 12.2 Å². The number of fused-ring (bicyclic) bond motifs is 5. The molecule has 3 aliphatic rings. The number of nitrogens with zero attached hydrogens (tertiary/aromatic N) is 2. The predicted octanol–water partition coefficient (Wildman–Crippen LogP) is 1.32. The van der Waals surface area contributed by atoms with Gasteiger partial charge in [-0.2, -0.15) is 0 Å². The average Bonchev–Trinajstić information content (AvgIpc) is 3.36. The number of piperazine rings is 1. The zero-order valence-electron chi connectivity index (χ0n) is 16.2. The number of aromatic amines is 1. The molecule has 0 unspecified atom stereocenters. The molecular formula is C22H19N3O5. The van der Waals surface area contributed by atoms with Crippen LogP contribution in [0.4, 0.5) is 0 Å². The Labute approximate surface area is 171 Å². The van der Waals surface area contributed by atoms with Gasteiger partial charge in [-0.05, 0) is 29.8 Å². The molecule has 0 bridgehead atoms. The molecule has 0 aliphatic carbocycles. The highest BCUT2D eigenvalue weighted by molar-refractivity contribution is 5.97. The first-order chi connectivity index (χ1) is 14.5. The van der Waals surface area contributed by atoms with Gasteiger partial charge in [-0.15, -0.1) is 0 Å². The van der Waals surface area contributed by atoms with Crippen molar-refractivity contribution < 1.29 is 24.2 Å². The second-order valence-electron chi connectivity index (χ2n) is 7.94. The number of hydrogen-bond acceptors (Lipinski definition) is 5. The fraction of sp³-hybridized carbons (Fsp3) is 0.273. The van der Waals surface area contributed by atoms with Gasteiger partial charge in [0.25, 0.3) is 0 Å². The van der Waals surface area contributed by atoms with Crippen LogP contribution >= 0.6 is 0 Å². The molecule has 30 heavy (non-hydrogen) atoms. The lowest BCUT2D eigenvalue weighted by atomic mass is 9.83. The van der Waals surface area contributed by atoms with Crippen LogP contribution in [0.2, 0.25) is 0 Å². The summed E-state index contributed by atoms with van der Waals surface area (Å²) in [6.45, 7) is 0.0150. The Kier molecular flexibility index (Phi) is 3.33. The SMILES string of the molecule is CN1CC(=O)N2[C@H](Cc3c([nH]c4ccccc34)[C@@]2(O)c2ccc3c(c2)OCO3)C1=O. The van der Waals surface area contributed by atoms with E-state index in [1.165, 1.54) is 9.80 Å². The van der Waals surface area contributed by atoms with Crippen LogP contribution in [0.5, 0.6) is 11.5 Å². The lowest BCUT2D eigenvalue weighted by Gasteiger charge is -2.50. The number of rotatable bonds is 1. The quantitative estimate of drug-likeness (QED) is 0.637. The van der Waals surface area contributed by atoms with Gasteiger partial charge in [-0.1, -0.05) is 18.2 Å². The Morgan fingerprint density at radius 1 is 1.13 bits per heavy atom. The summed E-state index contributed by atoms with van der Waals surface area (Å²) in [5.41, 5.74) is 0.782. The van der Waals surface area contributed by atoms with E-state index in [0.29, 0.717) is 29.2 Å². The lowest BCUT2D eigenvalue weighted by Crippen LogP contribution is -2.68. The van der Waals surface area contributed by atoms with E-state index in [2.05, 4.69) is 4.98 Å². The topological polar surface area (TPSA) is 95.1 Å². The number of carbonyl (C=O) groups is 2. The first-order valence-corrected chi connectivity index (χ1v) is 9.78. The van der Waals surface area contributed by atoms with Crippen LogP contribution in [0.25, 0.3) is 10.9 Å². The molecule has 0 spiro atoms. The number of amides is 2. The molecule has 2 N–H and O–H groups in total. The third kappa shape index (κ3) is 2.08. The molecule has 1 saturated heterocycles. The summed E-state index contributed by atoms with van der Waals surface area (Å²) in [5, 5.41) is 13.1. The van der Waals surface area contributed by atoms with E-state index in [9.17, 15) is 14.7 Å². The molecule has 0 radical (unpaired) electrons. The number of hydrogen-bond donors (Lipinski definition) is 2. The Morgan fingerprint density at radius 2 is 1.93 bits per heavy atom. The third-order valence-corrected chi connectivity index (χ3v) is 6.30. The van der Waals surface area contributed by atoms with Gasteiger partial charge in [0.2, 0.25) is 24.3 Å². The first kappa shape index (κ1) is 17.3. The highest BCUT2D eigenvalue weighted by atomic mass is 16.7. The third-order valence-electron chi connectivity index (χ3n) is 6.30. The smallest absolute Gasteiger partial charge is 0.246 e. The number of H-pyrrole nitrogens is 1. The Bertz CT molecular complexity index is 1230. The minimum absolute atomic E-state index is 0.0856. The van der Waals surface area contributed by atoms with Crippen LogP contribution in [-0.4, -0.2) is 58.1 Å². The number of ether oxygens (including phenoxy) is 2. The molecule has 8 heteroatoms. The molecule has 3 aromatic rings. The van der Waals surface area contributed by atoms with E-state index in [4.69, 9.17) is 9.47 Å². The zero-order valence-corrected chi connectivity index (χ0v) is 16.2. The number of aromatic nitrogens is 1. The fourth-order valence-corrected chi connectivity index (χ4v) is 4.90. The molecule has 3 aliphatic heterocycles. The van der Waals surface area contributed by atoms with Gasteiger partial charge in [0.1, 0.15) is 6.04 Å². The summed E-state index contributed by atoms with van der Waals surface area (Å²) in [5.74, 6) is 0.567. The van der Waals surface area contributed by atoms with Crippen molar-refractivity contribution >= 4 is 22.7 Å². The van der Waals surface area contributed by atoms with Gasteiger partial charge in [0.15, 0.2) is 11.5 Å². The molecule has 6 rings (SSSR count). The number of para-hydroxylation sites is 1. The van der Waals surface area contributed by atoms with Crippen molar-refractivity contribution in [1.82, 2.24) is 14.8 Å². The molecule has 2 amide bonds. The number of aliphatic hydroxyl groups is 1. The normalized spacial score (nSPS) is 24.9. The largest absolute Gasteiger partial charge is 0.454 e. The molecule has 4 heterocycles. The lowest BCUT2D eigenvalue weighted by molar-refractivity contribution is -0.182. The van der Waals surface area contributed by atoms with Crippen molar-refractivity contribution in [2.75, 3.05) is 20.4 Å². The standard InChI is InChI=1S/C22H19N3O5/c1-24-10-19(26)25-16(21(24)27)9-14-13-4-2-3-5-15(13)23-20(14)22(25,28)12-6-7-17-18(8-12)30-11-29-17/h2-8,16,23,28H,9-11H2,1H3/t16-,22+/m1/s1. The predicted molar refractivity (Wildman–Crippen MR) is 106 cm³/mol. The Hall–Kier alpha value is -3.52. The van der Waals surface area contributed by atoms with Crippen LogP contribution in [0.15, 0.2) is 42.5 Å². The van der Waals surface area contributed by atoms with Crippen LogP contribution in [0, 0.1) is 0 Å². The van der Waals surface area contributed by atoms with E-state index in [-0.39, 0.29) is 25.2 Å². The van der Waals surface area contributed by atoms with Crippen molar-refractivity contribution in [3.05, 3.63) is 59.3 Å². The van der Waals surface area contributed by atoms with E-state index >= 15 is 0 Å². The second-order valence-corrected chi connectivity index (χ2v) is 7.94. The minimum atomic E-state index is -1.84. The van der Waals surface area contributed by atoms with Gasteiger partial charge in [-0.3, -0.25) is 14.5 Å². The molecule has 2 aromatic carbocycles. The summed E-state index contributed by atoms with van der Waals surface area (Å²) in [6, 6.07) is 12.0. The summed E-state index contributed by atoms with van der Waals surface area (Å²) < 4.78 is 10.9. The van der Waals surface area contributed by atoms with Gasteiger partial charge >= 0.3 is 0 Å². The summed E-state index contributed by atoms with van der Waals surface area (Å²) in [4.78, 5) is 32.2. The summed E-state index contributed by atoms with van der Waals surface area (Å²) >= 11 is 0. The maximum absolute atomic E-state index is 13.1. The molecule has 0 saturated carbocycles. The minimum Gasteiger partial charge on any atom is -0.454 e. The van der Waals surface area contributed by atoms with E-state index < -0.39 is 11.8 Å². The van der Waals surface area contributed by atoms with Gasteiger partial charge in [-0.25, -0.2) is 0 Å². The number of likely N-dealkylation sites (N-methyl/N-ethyl adjacent to an activating group) is 1. The van der Waals surface area contributed by atoms with Crippen molar-refractivity contribution in [3.63, 3.8) is 0 Å². The maximum atomic E-state index is 13.1. The van der Waals surface area contributed by atoms with Crippen molar-refractivity contribution in [3.8, 4) is 11.5 Å². The van der Waals surface area contributed by atoms with Crippen LogP contribution < -0.4 is 9.47 Å². The Balaban J connectivity index is 1.65. The molecule has 8 nitrogen and oxygen atoms in total. The van der Waals surface area contributed by atoms with E-state index in [0.717, 1.165) is 16.5 Å². The zero-order chi connectivity index (χ0) is 20.6. The molecule has 2 atom stereocenters. The van der Waals surface area contributed by atoms with Gasteiger partial charge in [0, 0.05) is 29.9 Å². The monoisotopic (exact) mass is 405 g/mol. The molecular weight excluding hydrogens is 386 g/mol. The molecule has 1 fully saturated rings. The number of benzene rings is 2. The van der Waals surface area contributed by atoms with Crippen molar-refractivity contribution in [2.45, 2.75) is 18.2 Å². The highest BCUT2D eigenvalue weighted by Crippen LogP contribution is 2.47. The number of carbonyl (C=O) groups excluding carboxylic acids is 2. The van der Waals surface area contributed by atoms with E-state index in [1.807, 2.05) is 24.3 Å². The average molecular weight is 405 g/mol. The summed E-state index contributed by atoms with van der Waals surface area (Å²) in [7, 11) is 1.61. The van der Waals surface area contributed by atoms with Crippen molar-refractivity contribution in [1.29, 1.82) is 0 Å². The van der Waals surface area contributed by atoms with Crippen LogP contribution in [0.1, 0.15) is 16.8 Å². The van der Waals surface area contributed by atoms with E-state index in [1.54, 1.807) is 25.2 Å².